The van der Waals surface area contributed by atoms with Gasteiger partial charge in [0.05, 0.1) is 11.9 Å². The van der Waals surface area contributed by atoms with Crippen LogP contribution < -0.4 is 51.4 Å². The molecule has 6 heteroatoms. The number of carboxylic acids is 1. The molecule has 15 heavy (non-hydrogen) atoms. The topological polar surface area (TPSA) is 66.0 Å². The Hall–Kier alpha value is 0.0864. The van der Waals surface area contributed by atoms with Gasteiger partial charge in [0.1, 0.15) is 0 Å². The number of hydrogen-bond donors (Lipinski definition) is 2. The Bertz CT molecular complexity index is 503. The van der Waals surface area contributed by atoms with Crippen LogP contribution in [0.5, 0.6) is 0 Å². The van der Waals surface area contributed by atoms with Crippen molar-refractivity contribution >= 4 is 28.5 Å². The number of nitrogens with zero attached hydrogens (tertiary/aromatic N) is 1. The Labute approximate surface area is 135 Å². The van der Waals surface area contributed by atoms with Crippen LogP contribution in [0.4, 0.5) is 0 Å². The maximum atomic E-state index is 10.5. The van der Waals surface area contributed by atoms with Crippen LogP contribution in [0, 0.1) is 0 Å². The molecule has 4 nitrogen and oxygen atoms in total. The largest absolute Gasteiger partial charge is 1.00 e. The fourth-order valence-corrected chi connectivity index (χ4v) is 1.60. The summed E-state index contributed by atoms with van der Waals surface area (Å²) in [7, 11) is 0. The molecule has 0 bridgehead atoms. The maximum Gasteiger partial charge on any atom is 1.00 e. The molecule has 0 amide bonds. The van der Waals surface area contributed by atoms with Gasteiger partial charge in [-0.25, -0.2) is 4.98 Å². The second kappa shape index (κ2) is 5.43. The van der Waals surface area contributed by atoms with E-state index in [-0.39, 0.29) is 59.2 Å². The summed E-state index contributed by atoms with van der Waals surface area (Å²) in [6, 6.07) is 1.75. The molecule has 0 aliphatic rings. The zero-order valence-electron chi connectivity index (χ0n) is 9.12. The molecule has 0 saturated heterocycles. The normalized spacial score (nSPS) is 9.93. The van der Waals surface area contributed by atoms with Gasteiger partial charge in [-0.15, -0.1) is 0 Å². The number of hydrogen-bond acceptors (Lipinski definition) is 2. The number of aliphatic carboxylic acids is 1. The molecule has 2 aromatic rings. The summed E-state index contributed by atoms with van der Waals surface area (Å²) in [5, 5.41) is 9.82. The number of carboxylic acid groups (broad SMARTS) is 1. The van der Waals surface area contributed by atoms with E-state index in [9.17, 15) is 4.79 Å². The summed E-state index contributed by atoms with van der Waals surface area (Å²) in [4.78, 5) is 17.3. The van der Waals surface area contributed by atoms with E-state index in [1.54, 1.807) is 18.5 Å². The Kier molecular flexibility index (Phi) is 4.76. The molecule has 2 heterocycles. The monoisotopic (exact) mass is 250 g/mol. The zero-order chi connectivity index (χ0) is 10.1. The molecule has 0 aliphatic carbocycles. The maximum absolute atomic E-state index is 10.5. The fraction of sp³-hybridized carbons (Fsp3) is 0.111. The molecule has 0 aliphatic heterocycles. The van der Waals surface area contributed by atoms with Crippen molar-refractivity contribution in [1.82, 2.24) is 9.97 Å². The first-order valence-electron chi connectivity index (χ1n) is 4.00. The predicted octanol–water partition coefficient (Wildman–Crippen LogP) is -1.04. The molecule has 0 atom stereocenters. The third-order valence-electron chi connectivity index (χ3n) is 1.98. The van der Waals surface area contributed by atoms with E-state index in [0.29, 0.717) is 10.7 Å². The van der Waals surface area contributed by atoms with Gasteiger partial charge in [-0.1, -0.05) is 11.6 Å². The van der Waals surface area contributed by atoms with Crippen LogP contribution >= 0.6 is 11.6 Å². The SMILES string of the molecule is O=C(O)Cc1c[nH]c2c(Cl)nccc12.[H-].[K+]. The Morgan fingerprint density at radius 1 is 1.67 bits per heavy atom. The van der Waals surface area contributed by atoms with E-state index < -0.39 is 5.97 Å². The first kappa shape index (κ1) is 13.2. The molecular formula is C9H8ClKN2O2. The number of fused-ring (bicyclic) bond motifs is 1. The summed E-state index contributed by atoms with van der Waals surface area (Å²) in [5.41, 5.74) is 1.40. The van der Waals surface area contributed by atoms with Crippen molar-refractivity contribution in [3.05, 3.63) is 29.2 Å². The summed E-state index contributed by atoms with van der Waals surface area (Å²) in [5.74, 6) is -0.862. The van der Waals surface area contributed by atoms with Gasteiger partial charge in [0.2, 0.25) is 0 Å². The van der Waals surface area contributed by atoms with Crippen LogP contribution in [0.2, 0.25) is 5.15 Å². The molecule has 74 valence electrons. The van der Waals surface area contributed by atoms with Crippen molar-refractivity contribution in [3.63, 3.8) is 0 Å². The number of aromatic amines is 1. The van der Waals surface area contributed by atoms with Crippen molar-refractivity contribution in [2.75, 3.05) is 0 Å². The minimum Gasteiger partial charge on any atom is -1.00 e. The average molecular weight is 251 g/mol. The van der Waals surface area contributed by atoms with Crippen LogP contribution in [0.25, 0.3) is 10.9 Å². The number of rotatable bonds is 2. The number of aromatic nitrogens is 2. The van der Waals surface area contributed by atoms with Crippen LogP contribution in [-0.4, -0.2) is 21.0 Å². The second-order valence-corrected chi connectivity index (χ2v) is 3.27. The molecule has 0 radical (unpaired) electrons. The molecule has 0 saturated carbocycles. The van der Waals surface area contributed by atoms with Crippen LogP contribution in [0.1, 0.15) is 6.99 Å². The van der Waals surface area contributed by atoms with Gasteiger partial charge in [-0.3, -0.25) is 4.79 Å². The van der Waals surface area contributed by atoms with E-state index in [1.807, 2.05) is 0 Å². The van der Waals surface area contributed by atoms with Crippen molar-refractivity contribution in [1.29, 1.82) is 0 Å². The molecule has 0 aromatic carbocycles. The minimum atomic E-state index is -0.862. The number of halogens is 1. The van der Waals surface area contributed by atoms with Gasteiger partial charge in [-0.2, -0.15) is 0 Å². The molecular weight excluding hydrogens is 243 g/mol. The average Bonchev–Trinajstić information content (AvgIpc) is 2.49. The van der Waals surface area contributed by atoms with Crippen molar-refractivity contribution in [2.45, 2.75) is 6.42 Å². The summed E-state index contributed by atoms with van der Waals surface area (Å²) < 4.78 is 0. The molecule has 2 aromatic heterocycles. The minimum absolute atomic E-state index is 0. The van der Waals surface area contributed by atoms with E-state index in [4.69, 9.17) is 16.7 Å². The van der Waals surface area contributed by atoms with E-state index in [1.165, 1.54) is 0 Å². The fourth-order valence-electron chi connectivity index (χ4n) is 1.39. The molecule has 2 N–H and O–H groups in total. The van der Waals surface area contributed by atoms with E-state index in [0.717, 1.165) is 10.9 Å². The molecule has 0 spiro atoms. The summed E-state index contributed by atoms with van der Waals surface area (Å²) in [6.45, 7) is 0. The second-order valence-electron chi connectivity index (χ2n) is 2.91. The van der Waals surface area contributed by atoms with E-state index in [2.05, 4.69) is 9.97 Å². The van der Waals surface area contributed by atoms with Gasteiger partial charge in [0.25, 0.3) is 0 Å². The smallest absolute Gasteiger partial charge is 1.00 e. The van der Waals surface area contributed by atoms with Crippen molar-refractivity contribution in [2.24, 2.45) is 0 Å². The van der Waals surface area contributed by atoms with Crippen molar-refractivity contribution < 1.29 is 62.7 Å². The van der Waals surface area contributed by atoms with Gasteiger partial charge in [0, 0.05) is 17.8 Å². The quantitative estimate of drug-likeness (QED) is 0.529. The van der Waals surface area contributed by atoms with Gasteiger partial charge < -0.3 is 11.5 Å². The zero-order valence-corrected chi connectivity index (χ0v) is 12.0. The first-order chi connectivity index (χ1) is 6.68. The number of pyridine rings is 1. The Morgan fingerprint density at radius 2 is 2.40 bits per heavy atom. The van der Waals surface area contributed by atoms with Crippen LogP contribution in [0.15, 0.2) is 18.5 Å². The van der Waals surface area contributed by atoms with Gasteiger partial charge >= 0.3 is 57.4 Å². The number of nitrogens with one attached hydrogen (secondary N) is 1. The predicted molar refractivity (Wildman–Crippen MR) is 53.6 cm³/mol. The summed E-state index contributed by atoms with van der Waals surface area (Å²) in [6.07, 6.45) is 3.19. The first-order valence-corrected chi connectivity index (χ1v) is 4.38. The van der Waals surface area contributed by atoms with E-state index >= 15 is 0 Å². The molecule has 0 fully saturated rings. The molecule has 2 rings (SSSR count). The van der Waals surface area contributed by atoms with Crippen molar-refractivity contribution in [3.8, 4) is 0 Å². The standard InChI is InChI=1S/C9H7ClN2O2.K.H/c10-9-8-6(1-2-11-9)5(4-12-8)3-7(13)14;;/h1-2,4,12H,3H2,(H,13,14);;/q;+1;-1. The molecule has 0 unspecified atom stereocenters. The van der Waals surface area contributed by atoms with Gasteiger partial charge in [-0.05, 0) is 11.6 Å². The van der Waals surface area contributed by atoms with Crippen LogP contribution in [-0.2, 0) is 11.2 Å². The Balaban J connectivity index is 0.00000112. The Morgan fingerprint density at radius 3 is 3.07 bits per heavy atom. The summed E-state index contributed by atoms with van der Waals surface area (Å²) >= 11 is 5.82. The number of carbonyl (C=O) groups is 1. The third kappa shape index (κ3) is 2.80. The third-order valence-corrected chi connectivity index (χ3v) is 2.27. The van der Waals surface area contributed by atoms with Crippen LogP contribution in [0.3, 0.4) is 0 Å². The number of H-pyrrole nitrogens is 1. The van der Waals surface area contributed by atoms with Gasteiger partial charge in [0.15, 0.2) is 5.15 Å².